The second-order valence-corrected chi connectivity index (χ2v) is 8.13. The maximum Gasteiger partial charge on any atom is 0.216 e. The van der Waals surface area contributed by atoms with E-state index in [1.165, 1.54) is 0 Å². The molecule has 0 radical (unpaired) electrons. The van der Waals surface area contributed by atoms with Crippen molar-refractivity contribution in [3.8, 4) is 11.5 Å². The monoisotopic (exact) mass is 381 g/mol. The van der Waals surface area contributed by atoms with Crippen LogP contribution in [0.5, 0.6) is 11.5 Å². The minimum atomic E-state index is -3.53. The number of ether oxygens (including phenoxy) is 2. The Morgan fingerprint density at radius 2 is 1.84 bits per heavy atom. The molecule has 0 fully saturated rings. The summed E-state index contributed by atoms with van der Waals surface area (Å²) in [6, 6.07) is 10.5. The van der Waals surface area contributed by atoms with Crippen molar-refractivity contribution >= 4 is 21.6 Å². The molecule has 1 aliphatic carbocycles. The third-order valence-corrected chi connectivity index (χ3v) is 6.05. The first-order valence-corrected chi connectivity index (χ1v) is 9.94. The van der Waals surface area contributed by atoms with Gasteiger partial charge in [0.2, 0.25) is 10.0 Å². The van der Waals surface area contributed by atoms with Gasteiger partial charge >= 0.3 is 0 Å². The lowest BCUT2D eigenvalue weighted by atomic mass is 10.1. The lowest BCUT2D eigenvalue weighted by Gasteiger charge is -2.16. The van der Waals surface area contributed by atoms with Gasteiger partial charge in [-0.05, 0) is 47.7 Å². The maximum absolute atomic E-state index is 12.6. The number of aryl methyl sites for hydroxylation is 1. The predicted octanol–water partition coefficient (Wildman–Crippen LogP) is 3.46. The van der Waals surface area contributed by atoms with Gasteiger partial charge in [0.15, 0.2) is 11.5 Å². The van der Waals surface area contributed by atoms with Crippen LogP contribution < -0.4 is 14.2 Å². The van der Waals surface area contributed by atoms with Gasteiger partial charge in [-0.2, -0.15) is 0 Å². The van der Waals surface area contributed by atoms with Crippen molar-refractivity contribution in [2.24, 2.45) is 0 Å². The first-order chi connectivity index (χ1) is 11.9. The molecule has 0 bridgehead atoms. The van der Waals surface area contributed by atoms with Crippen LogP contribution in [0.1, 0.15) is 29.2 Å². The number of nitrogens with one attached hydrogen (secondary N) is 1. The average molecular weight is 382 g/mol. The normalized spacial score (nSPS) is 16.5. The van der Waals surface area contributed by atoms with Crippen molar-refractivity contribution in [1.29, 1.82) is 0 Å². The highest BCUT2D eigenvalue weighted by Gasteiger charge is 2.28. The molecule has 1 unspecified atom stereocenters. The van der Waals surface area contributed by atoms with Crippen molar-refractivity contribution < 1.29 is 17.9 Å². The Kier molecular flexibility index (Phi) is 5.22. The molecule has 0 aliphatic heterocycles. The van der Waals surface area contributed by atoms with Gasteiger partial charge in [-0.15, -0.1) is 0 Å². The molecule has 1 aliphatic rings. The number of rotatable bonds is 6. The molecule has 134 valence electrons. The van der Waals surface area contributed by atoms with Gasteiger partial charge in [0, 0.05) is 11.1 Å². The summed E-state index contributed by atoms with van der Waals surface area (Å²) in [4.78, 5) is 0. The van der Waals surface area contributed by atoms with Gasteiger partial charge in [-0.3, -0.25) is 0 Å². The minimum absolute atomic E-state index is 0.147. The Balaban J connectivity index is 1.82. The first kappa shape index (κ1) is 18.0. The number of sulfonamides is 1. The minimum Gasteiger partial charge on any atom is -0.493 e. The Morgan fingerprint density at radius 1 is 1.16 bits per heavy atom. The van der Waals surface area contributed by atoms with Crippen molar-refractivity contribution in [1.82, 2.24) is 4.72 Å². The highest BCUT2D eigenvalue weighted by molar-refractivity contribution is 7.88. The maximum atomic E-state index is 12.6. The molecule has 5 nitrogen and oxygen atoms in total. The van der Waals surface area contributed by atoms with Crippen LogP contribution in [0.3, 0.4) is 0 Å². The first-order valence-electron chi connectivity index (χ1n) is 7.91. The van der Waals surface area contributed by atoms with E-state index in [0.717, 1.165) is 17.5 Å². The van der Waals surface area contributed by atoms with Gasteiger partial charge in [0.05, 0.1) is 20.0 Å². The number of hydrogen-bond donors (Lipinski definition) is 1. The zero-order chi connectivity index (χ0) is 18.0. The fourth-order valence-corrected chi connectivity index (χ4v) is 4.84. The molecular weight excluding hydrogens is 362 g/mol. The molecule has 0 aromatic heterocycles. The number of fused-ring (bicyclic) bond motifs is 1. The Labute approximate surface area is 153 Å². The summed E-state index contributed by atoms with van der Waals surface area (Å²) >= 11 is 6.08. The zero-order valence-electron chi connectivity index (χ0n) is 14.1. The lowest BCUT2D eigenvalue weighted by Crippen LogP contribution is -2.28. The third kappa shape index (κ3) is 3.92. The standard InChI is InChI=1S/C18H20ClNO4S/c1-23-17-9-12-7-8-16(14(12)10-18(17)24-2)20-25(21,22)11-13-5-3-4-6-15(13)19/h3-6,9-10,16,20H,7-8,11H2,1-2H3. The molecule has 0 heterocycles. The molecule has 25 heavy (non-hydrogen) atoms. The van der Waals surface area contributed by atoms with E-state index in [2.05, 4.69) is 4.72 Å². The smallest absolute Gasteiger partial charge is 0.216 e. The summed E-state index contributed by atoms with van der Waals surface area (Å²) in [6.07, 6.45) is 1.49. The average Bonchev–Trinajstić information content (AvgIpc) is 2.96. The van der Waals surface area contributed by atoms with Crippen LogP contribution in [0, 0.1) is 0 Å². The van der Waals surface area contributed by atoms with Gasteiger partial charge < -0.3 is 9.47 Å². The highest BCUT2D eigenvalue weighted by Crippen LogP contribution is 2.39. The van der Waals surface area contributed by atoms with Crippen molar-refractivity contribution in [3.05, 3.63) is 58.1 Å². The summed E-state index contributed by atoms with van der Waals surface area (Å²) in [5, 5.41) is 0.450. The van der Waals surface area contributed by atoms with E-state index in [9.17, 15) is 8.42 Å². The highest BCUT2D eigenvalue weighted by atomic mass is 35.5. The molecular formula is C18H20ClNO4S. The van der Waals surface area contributed by atoms with Gasteiger partial charge in [-0.1, -0.05) is 29.8 Å². The molecule has 2 aromatic rings. The molecule has 0 spiro atoms. The van der Waals surface area contributed by atoms with E-state index in [0.29, 0.717) is 28.5 Å². The van der Waals surface area contributed by atoms with Crippen molar-refractivity contribution in [3.63, 3.8) is 0 Å². The SMILES string of the molecule is COc1cc2c(cc1OC)C(NS(=O)(=O)Cc1ccccc1Cl)CC2. The Hall–Kier alpha value is -1.76. The second kappa shape index (κ2) is 7.23. The van der Waals surface area contributed by atoms with Crippen LogP contribution in [-0.2, 0) is 22.2 Å². The number of halogens is 1. The van der Waals surface area contributed by atoms with Crippen molar-refractivity contribution in [2.45, 2.75) is 24.6 Å². The van der Waals surface area contributed by atoms with Gasteiger partial charge in [0.25, 0.3) is 0 Å². The van der Waals surface area contributed by atoms with E-state index < -0.39 is 10.0 Å². The predicted molar refractivity (Wildman–Crippen MR) is 97.8 cm³/mol. The van der Waals surface area contributed by atoms with E-state index >= 15 is 0 Å². The van der Waals surface area contributed by atoms with Crippen LogP contribution >= 0.6 is 11.6 Å². The second-order valence-electron chi connectivity index (χ2n) is 5.97. The van der Waals surface area contributed by atoms with Gasteiger partial charge in [-0.25, -0.2) is 13.1 Å². The van der Waals surface area contributed by atoms with E-state index in [1.807, 2.05) is 12.1 Å². The van der Waals surface area contributed by atoms with E-state index in [-0.39, 0.29) is 11.8 Å². The van der Waals surface area contributed by atoms with Crippen LogP contribution in [-0.4, -0.2) is 22.6 Å². The Bertz CT molecular complexity index is 883. The summed E-state index contributed by atoms with van der Waals surface area (Å²) in [6.45, 7) is 0. The largest absolute Gasteiger partial charge is 0.493 e. The summed E-state index contributed by atoms with van der Waals surface area (Å²) < 4.78 is 38.6. The zero-order valence-corrected chi connectivity index (χ0v) is 15.7. The van der Waals surface area contributed by atoms with Crippen LogP contribution in [0.15, 0.2) is 36.4 Å². The molecule has 0 saturated heterocycles. The van der Waals surface area contributed by atoms with E-state index in [4.69, 9.17) is 21.1 Å². The van der Waals surface area contributed by atoms with Crippen LogP contribution in [0.4, 0.5) is 0 Å². The fraction of sp³-hybridized carbons (Fsp3) is 0.333. The molecule has 3 rings (SSSR count). The topological polar surface area (TPSA) is 64.6 Å². The van der Waals surface area contributed by atoms with E-state index in [1.54, 1.807) is 38.5 Å². The number of methoxy groups -OCH3 is 2. The Morgan fingerprint density at radius 3 is 2.52 bits per heavy atom. The quantitative estimate of drug-likeness (QED) is 0.832. The molecule has 1 N–H and O–H groups in total. The molecule has 1 atom stereocenters. The van der Waals surface area contributed by atoms with Crippen molar-refractivity contribution in [2.75, 3.05) is 14.2 Å². The van der Waals surface area contributed by atoms with Crippen LogP contribution in [0.25, 0.3) is 0 Å². The summed E-state index contributed by atoms with van der Waals surface area (Å²) in [5.74, 6) is 1.10. The molecule has 0 amide bonds. The fourth-order valence-electron chi connectivity index (χ4n) is 3.13. The summed E-state index contributed by atoms with van der Waals surface area (Å²) in [7, 11) is -0.373. The lowest BCUT2D eigenvalue weighted by molar-refractivity contribution is 0.354. The molecule has 2 aromatic carbocycles. The molecule has 0 saturated carbocycles. The van der Waals surface area contributed by atoms with Crippen LogP contribution in [0.2, 0.25) is 5.02 Å². The number of hydrogen-bond acceptors (Lipinski definition) is 4. The summed E-state index contributed by atoms with van der Waals surface area (Å²) in [5.41, 5.74) is 2.59. The third-order valence-electron chi connectivity index (χ3n) is 4.35. The number of benzene rings is 2. The van der Waals surface area contributed by atoms with Gasteiger partial charge in [0.1, 0.15) is 0 Å². The molecule has 7 heteroatoms.